The molecule has 0 aromatic carbocycles. The van der Waals surface area contributed by atoms with Gasteiger partial charge in [-0.05, 0) is 0 Å². The summed E-state index contributed by atoms with van der Waals surface area (Å²) in [5.74, 6) is -2.42. The van der Waals surface area contributed by atoms with Crippen LogP contribution in [0.25, 0.3) is 0 Å². The fourth-order valence-electron chi connectivity index (χ4n) is 4.20. The molecule has 12 nitrogen and oxygen atoms in total. The highest BCUT2D eigenvalue weighted by Crippen LogP contribution is 2.47. The second-order valence-corrected chi connectivity index (χ2v) is 7.50. The molecule has 176 valence electrons. The Bertz CT molecular complexity index is 704. The molecule has 12 heteroatoms. The predicted molar refractivity (Wildman–Crippen MR) is 98.7 cm³/mol. The zero-order valence-electron chi connectivity index (χ0n) is 17.2. The molecule has 5 N–H and O–H groups in total. The normalized spacial score (nSPS) is 42.2. The van der Waals surface area contributed by atoms with Gasteiger partial charge in [0.25, 0.3) is 0 Å². The zero-order valence-corrected chi connectivity index (χ0v) is 17.2. The van der Waals surface area contributed by atoms with E-state index in [9.17, 15) is 30.3 Å². The monoisotopic (exact) mass is 448 g/mol. The number of fused-ring (bicyclic) bond motifs is 1. The van der Waals surface area contributed by atoms with Crippen LogP contribution in [0.2, 0.25) is 0 Å². The molecule has 3 rings (SSSR count). The SMILES string of the molecule is COC(=O)C1=CO[C@@H](O[C@@H]2O[C@H](CO)[C@@H](O)[C@H](O)[C@H]2O)[C@H]2[C@@H]1C=C[C@@]2(O)C(OC)OC. The van der Waals surface area contributed by atoms with Crippen molar-refractivity contribution in [2.45, 2.75) is 48.9 Å². The van der Waals surface area contributed by atoms with E-state index in [1.165, 1.54) is 27.4 Å². The number of hydrogen-bond acceptors (Lipinski definition) is 12. The Morgan fingerprint density at radius 2 is 1.81 bits per heavy atom. The Labute approximate surface area is 178 Å². The maximum atomic E-state index is 12.2. The Kier molecular flexibility index (Phi) is 7.35. The molecule has 1 saturated heterocycles. The summed E-state index contributed by atoms with van der Waals surface area (Å²) in [6.45, 7) is -0.643. The second kappa shape index (κ2) is 9.48. The molecule has 0 aromatic heterocycles. The van der Waals surface area contributed by atoms with Gasteiger partial charge in [-0.1, -0.05) is 12.2 Å². The van der Waals surface area contributed by atoms with Crippen molar-refractivity contribution in [3.63, 3.8) is 0 Å². The van der Waals surface area contributed by atoms with Gasteiger partial charge in [-0.2, -0.15) is 0 Å². The summed E-state index contributed by atoms with van der Waals surface area (Å²) >= 11 is 0. The Hall–Kier alpha value is -1.61. The van der Waals surface area contributed by atoms with E-state index in [0.717, 1.165) is 6.26 Å². The number of aliphatic hydroxyl groups is 5. The van der Waals surface area contributed by atoms with Gasteiger partial charge < -0.3 is 54.0 Å². The van der Waals surface area contributed by atoms with Crippen molar-refractivity contribution in [2.24, 2.45) is 11.8 Å². The third kappa shape index (κ3) is 4.11. The summed E-state index contributed by atoms with van der Waals surface area (Å²) in [5.41, 5.74) is -1.71. The first-order chi connectivity index (χ1) is 14.7. The van der Waals surface area contributed by atoms with Gasteiger partial charge in [0.15, 0.2) is 12.6 Å². The minimum absolute atomic E-state index is 0.110. The van der Waals surface area contributed by atoms with Crippen LogP contribution in [-0.4, -0.2) is 108 Å². The van der Waals surface area contributed by atoms with Crippen LogP contribution in [0.3, 0.4) is 0 Å². The molecule has 3 aliphatic rings. The van der Waals surface area contributed by atoms with E-state index < -0.39 is 73.3 Å². The van der Waals surface area contributed by atoms with Crippen LogP contribution in [-0.2, 0) is 33.2 Å². The van der Waals surface area contributed by atoms with Crippen LogP contribution >= 0.6 is 0 Å². The average Bonchev–Trinajstić information content (AvgIpc) is 3.13. The molecule has 2 aliphatic heterocycles. The highest BCUT2D eigenvalue weighted by molar-refractivity contribution is 5.89. The van der Waals surface area contributed by atoms with Crippen LogP contribution in [0.15, 0.2) is 24.0 Å². The molecule has 0 amide bonds. The highest BCUT2D eigenvalue weighted by atomic mass is 16.8. The van der Waals surface area contributed by atoms with Crippen LogP contribution in [0.1, 0.15) is 0 Å². The molecule has 0 radical (unpaired) electrons. The van der Waals surface area contributed by atoms with E-state index in [1.807, 2.05) is 0 Å². The lowest BCUT2D eigenvalue weighted by atomic mass is 9.78. The standard InChI is InChI=1S/C19H28O12/c1-26-15(24)9-7-29-16(11-8(9)4-5-19(11,25)18(27-2)28-3)31-17-14(23)13(22)12(21)10(6-20)30-17/h4-5,7-8,10-14,16-18,20-23,25H,6H2,1-3H3/t8-,10-,11-,12-,13+,14-,16+,17+,19+/m1/s1. The first-order valence-corrected chi connectivity index (χ1v) is 9.60. The summed E-state index contributed by atoms with van der Waals surface area (Å²) in [6.07, 6.45) is -6.05. The summed E-state index contributed by atoms with van der Waals surface area (Å²) < 4.78 is 31.9. The lowest BCUT2D eigenvalue weighted by Crippen LogP contribution is -2.61. The number of carbonyl (C=O) groups is 1. The van der Waals surface area contributed by atoms with Gasteiger partial charge in [-0.25, -0.2) is 4.79 Å². The fraction of sp³-hybridized carbons (Fsp3) is 0.737. The van der Waals surface area contributed by atoms with E-state index in [1.54, 1.807) is 6.08 Å². The molecular formula is C19H28O12. The summed E-state index contributed by atoms with van der Waals surface area (Å²) in [4.78, 5) is 12.2. The zero-order chi connectivity index (χ0) is 22.9. The quantitative estimate of drug-likeness (QED) is 0.156. The van der Waals surface area contributed by atoms with Gasteiger partial charge in [-0.15, -0.1) is 0 Å². The van der Waals surface area contributed by atoms with Crippen molar-refractivity contribution >= 4 is 5.97 Å². The molecular weight excluding hydrogens is 420 g/mol. The molecule has 9 atom stereocenters. The molecule has 0 aromatic rings. The van der Waals surface area contributed by atoms with E-state index >= 15 is 0 Å². The van der Waals surface area contributed by atoms with E-state index in [-0.39, 0.29) is 5.57 Å². The van der Waals surface area contributed by atoms with E-state index in [4.69, 9.17) is 28.4 Å². The topological polar surface area (TPSA) is 174 Å². The third-order valence-electron chi connectivity index (χ3n) is 5.82. The average molecular weight is 448 g/mol. The summed E-state index contributed by atoms with van der Waals surface area (Å²) in [5, 5.41) is 51.0. The van der Waals surface area contributed by atoms with Crippen molar-refractivity contribution in [1.29, 1.82) is 0 Å². The Balaban J connectivity index is 1.92. The molecule has 2 heterocycles. The molecule has 1 aliphatic carbocycles. The highest BCUT2D eigenvalue weighted by Gasteiger charge is 2.59. The fourth-order valence-corrected chi connectivity index (χ4v) is 4.20. The smallest absolute Gasteiger partial charge is 0.337 e. The third-order valence-corrected chi connectivity index (χ3v) is 5.82. The summed E-state index contributed by atoms with van der Waals surface area (Å²) in [6, 6.07) is 0. The van der Waals surface area contributed by atoms with E-state index in [0.29, 0.717) is 0 Å². The molecule has 0 unspecified atom stereocenters. The molecule has 0 saturated carbocycles. The minimum Gasteiger partial charge on any atom is -0.471 e. The summed E-state index contributed by atoms with van der Waals surface area (Å²) in [7, 11) is 3.84. The van der Waals surface area contributed by atoms with Crippen molar-refractivity contribution in [3.05, 3.63) is 24.0 Å². The number of hydrogen-bond donors (Lipinski definition) is 5. The van der Waals surface area contributed by atoms with Crippen molar-refractivity contribution < 1.29 is 58.7 Å². The first kappa shape index (κ1) is 24.0. The lowest BCUT2D eigenvalue weighted by molar-refractivity contribution is -0.352. The number of carbonyl (C=O) groups excluding carboxylic acids is 1. The van der Waals surface area contributed by atoms with Gasteiger partial charge >= 0.3 is 5.97 Å². The largest absolute Gasteiger partial charge is 0.471 e. The maximum Gasteiger partial charge on any atom is 0.337 e. The van der Waals surface area contributed by atoms with Crippen LogP contribution in [0.5, 0.6) is 0 Å². The number of ether oxygens (including phenoxy) is 6. The molecule has 1 fully saturated rings. The Morgan fingerprint density at radius 3 is 2.39 bits per heavy atom. The van der Waals surface area contributed by atoms with Crippen LogP contribution in [0, 0.1) is 11.8 Å². The number of allylic oxidation sites excluding steroid dienone is 1. The van der Waals surface area contributed by atoms with E-state index in [2.05, 4.69) is 0 Å². The number of rotatable bonds is 7. The number of esters is 1. The number of methoxy groups -OCH3 is 3. The predicted octanol–water partition coefficient (Wildman–Crippen LogP) is -2.63. The number of aliphatic hydroxyl groups excluding tert-OH is 4. The van der Waals surface area contributed by atoms with Gasteiger partial charge in [0.2, 0.25) is 6.29 Å². The first-order valence-electron chi connectivity index (χ1n) is 9.60. The molecule has 31 heavy (non-hydrogen) atoms. The molecule has 0 bridgehead atoms. The Morgan fingerprint density at radius 1 is 1.13 bits per heavy atom. The van der Waals surface area contributed by atoms with Gasteiger partial charge in [-0.3, -0.25) is 0 Å². The van der Waals surface area contributed by atoms with Crippen molar-refractivity contribution in [1.82, 2.24) is 0 Å². The second-order valence-electron chi connectivity index (χ2n) is 7.50. The molecule has 0 spiro atoms. The minimum atomic E-state index is -1.82. The van der Waals surface area contributed by atoms with Gasteiger partial charge in [0, 0.05) is 20.1 Å². The lowest BCUT2D eigenvalue weighted by Gasteiger charge is -2.45. The maximum absolute atomic E-state index is 12.2. The van der Waals surface area contributed by atoms with Crippen molar-refractivity contribution in [2.75, 3.05) is 27.9 Å². The van der Waals surface area contributed by atoms with Crippen LogP contribution in [0.4, 0.5) is 0 Å². The van der Waals surface area contributed by atoms with Gasteiger partial charge in [0.1, 0.15) is 30.0 Å². The van der Waals surface area contributed by atoms with Gasteiger partial charge in [0.05, 0.1) is 31.5 Å². The van der Waals surface area contributed by atoms with Crippen LogP contribution < -0.4 is 0 Å². The van der Waals surface area contributed by atoms with Crippen molar-refractivity contribution in [3.8, 4) is 0 Å².